The van der Waals surface area contributed by atoms with E-state index in [1.54, 1.807) is 0 Å². The molecule has 3 aromatic rings. The van der Waals surface area contributed by atoms with Crippen LogP contribution in [0.1, 0.15) is 37.6 Å². The predicted octanol–water partition coefficient (Wildman–Crippen LogP) is 4.39. The van der Waals surface area contributed by atoms with Gasteiger partial charge < -0.3 is 19.7 Å². The number of hydrogen-bond donors (Lipinski definition) is 2. The fourth-order valence-corrected chi connectivity index (χ4v) is 4.18. The Kier molecular flexibility index (Phi) is 9.58. The van der Waals surface area contributed by atoms with Crippen LogP contribution in [0, 0.1) is 9.49 Å². The Bertz CT molecular complexity index is 1060. The number of benzene rings is 2. The molecule has 2 N–H and O–H groups in total. The largest absolute Gasteiger partial charge is 0.492 e. The second kappa shape index (κ2) is 12.2. The van der Waals surface area contributed by atoms with E-state index in [9.17, 15) is 10.2 Å². The van der Waals surface area contributed by atoms with Crippen molar-refractivity contribution in [3.8, 4) is 11.5 Å². The van der Waals surface area contributed by atoms with Crippen LogP contribution in [0.25, 0.3) is 0 Å². The van der Waals surface area contributed by atoms with Gasteiger partial charge in [0.2, 0.25) is 0 Å². The molecule has 0 unspecified atom stereocenters. The van der Waals surface area contributed by atoms with Gasteiger partial charge >= 0.3 is 0 Å². The number of ether oxygens (including phenoxy) is 2. The lowest BCUT2D eigenvalue weighted by Crippen LogP contribution is -2.25. The van der Waals surface area contributed by atoms with Gasteiger partial charge in [0.15, 0.2) is 0 Å². The average Bonchev–Trinajstić information content (AvgIpc) is 3.28. The van der Waals surface area contributed by atoms with Crippen LogP contribution in [0.15, 0.2) is 48.7 Å². The molecular formula is C25H31ClIN3O4. The lowest BCUT2D eigenvalue weighted by atomic mass is 9.78. The van der Waals surface area contributed by atoms with E-state index in [-0.39, 0.29) is 25.2 Å². The van der Waals surface area contributed by atoms with E-state index in [0.717, 1.165) is 14.9 Å². The minimum atomic E-state index is -0.779. The molecule has 0 saturated carbocycles. The molecule has 0 amide bonds. The lowest BCUT2D eigenvalue weighted by Gasteiger charge is -2.27. The monoisotopic (exact) mass is 595 g/mol. The maximum absolute atomic E-state index is 10.3. The van der Waals surface area contributed by atoms with Crippen LogP contribution in [0.5, 0.6) is 11.5 Å². The van der Waals surface area contributed by atoms with Crippen LogP contribution in [-0.4, -0.2) is 50.4 Å². The summed E-state index contributed by atoms with van der Waals surface area (Å²) in [5.41, 5.74) is 2.67. The first-order chi connectivity index (χ1) is 16.2. The average molecular weight is 596 g/mol. The quantitative estimate of drug-likeness (QED) is 0.239. The first-order valence-electron chi connectivity index (χ1n) is 11.1. The van der Waals surface area contributed by atoms with Gasteiger partial charge in [0.25, 0.3) is 0 Å². The van der Waals surface area contributed by atoms with Crippen LogP contribution in [0.4, 0.5) is 0 Å². The standard InChI is InChI=1S/C25H31ClIN3O4/c1-17(11-26)15-34-24-9-6-19(10-23(24)27)25(2,3)18-4-7-22(8-5-18)33-16-21(32)13-30-20(14-31)12-28-29-30/h4-10,12,17,21,31-32H,11,13-16H2,1-3H3/t17-,21-/m0/s1/i27-4. The first-order valence-corrected chi connectivity index (χ1v) is 12.7. The lowest BCUT2D eigenvalue weighted by molar-refractivity contribution is 0.0866. The number of rotatable bonds is 12. The predicted molar refractivity (Wildman–Crippen MR) is 141 cm³/mol. The Labute approximate surface area is 219 Å². The normalized spacial score (nSPS) is 13.5. The summed E-state index contributed by atoms with van der Waals surface area (Å²) in [7, 11) is 0. The highest BCUT2D eigenvalue weighted by Crippen LogP contribution is 2.35. The molecule has 1 aromatic heterocycles. The number of alkyl halides is 1. The highest BCUT2D eigenvalue weighted by Gasteiger charge is 2.24. The first kappa shape index (κ1) is 26.7. The molecule has 0 aliphatic heterocycles. The number of halogens is 2. The Balaban J connectivity index is 1.61. The van der Waals surface area contributed by atoms with Gasteiger partial charge in [-0.2, -0.15) is 0 Å². The maximum Gasteiger partial charge on any atom is 0.132 e. The van der Waals surface area contributed by atoms with Crippen molar-refractivity contribution in [1.82, 2.24) is 15.0 Å². The van der Waals surface area contributed by atoms with Crippen molar-refractivity contribution in [3.63, 3.8) is 0 Å². The molecule has 0 spiro atoms. The van der Waals surface area contributed by atoms with Gasteiger partial charge in [-0.05, 0) is 58.0 Å². The van der Waals surface area contributed by atoms with Gasteiger partial charge in [-0.25, -0.2) is 4.68 Å². The third-order valence-corrected chi connectivity index (χ3v) is 7.07. The second-order valence-electron chi connectivity index (χ2n) is 8.90. The Morgan fingerprint density at radius 1 is 1.09 bits per heavy atom. The molecule has 0 saturated heterocycles. The third-order valence-electron chi connectivity index (χ3n) is 5.70. The molecule has 3 rings (SSSR count). The summed E-state index contributed by atoms with van der Waals surface area (Å²) in [6.07, 6.45) is 0.691. The summed E-state index contributed by atoms with van der Waals surface area (Å²) >= 11 is 8.19. The third kappa shape index (κ3) is 6.84. The van der Waals surface area contributed by atoms with E-state index in [4.69, 9.17) is 21.1 Å². The van der Waals surface area contributed by atoms with Crippen molar-refractivity contribution in [1.29, 1.82) is 0 Å². The van der Waals surface area contributed by atoms with Crippen molar-refractivity contribution >= 4 is 34.2 Å². The molecule has 7 nitrogen and oxygen atoms in total. The number of aliphatic hydroxyl groups is 2. The van der Waals surface area contributed by atoms with Crippen molar-refractivity contribution < 1.29 is 19.7 Å². The van der Waals surface area contributed by atoms with Crippen LogP contribution in [0.2, 0.25) is 0 Å². The SMILES string of the molecule is C[C@@H](CCl)COc1ccc(C(C)(C)c2ccc(OC[C@@H](O)Cn3nncc3CO)cc2)cc1[123I]. The van der Waals surface area contributed by atoms with Crippen LogP contribution in [-0.2, 0) is 18.6 Å². The Hall–Kier alpha value is -1.88. The van der Waals surface area contributed by atoms with Crippen LogP contribution < -0.4 is 9.47 Å². The van der Waals surface area contributed by atoms with E-state index in [0.29, 0.717) is 29.8 Å². The van der Waals surface area contributed by atoms with Gasteiger partial charge in [-0.1, -0.05) is 44.2 Å². The molecule has 1 heterocycles. The van der Waals surface area contributed by atoms with Gasteiger partial charge in [0.05, 0.1) is 35.2 Å². The smallest absolute Gasteiger partial charge is 0.132 e. The van der Waals surface area contributed by atoms with E-state index in [1.807, 2.05) is 30.3 Å². The van der Waals surface area contributed by atoms with Gasteiger partial charge in [-0.3, -0.25) is 0 Å². The fourth-order valence-electron chi connectivity index (χ4n) is 3.42. The summed E-state index contributed by atoms with van der Waals surface area (Å²) in [6, 6.07) is 14.2. The summed E-state index contributed by atoms with van der Waals surface area (Å²) < 4.78 is 14.2. The zero-order valence-corrected chi connectivity index (χ0v) is 22.5. The molecule has 34 heavy (non-hydrogen) atoms. The summed E-state index contributed by atoms with van der Waals surface area (Å²) in [5, 5.41) is 27.1. The van der Waals surface area contributed by atoms with Crippen molar-refractivity contribution in [3.05, 3.63) is 69.1 Å². The molecular weight excluding hydrogens is 565 g/mol. The highest BCUT2D eigenvalue weighted by molar-refractivity contribution is 14.1. The Morgan fingerprint density at radius 2 is 1.79 bits per heavy atom. The van der Waals surface area contributed by atoms with Crippen LogP contribution >= 0.6 is 34.2 Å². The highest BCUT2D eigenvalue weighted by atomic mass is 123. The minimum Gasteiger partial charge on any atom is -0.492 e. The summed E-state index contributed by atoms with van der Waals surface area (Å²) in [4.78, 5) is 0. The summed E-state index contributed by atoms with van der Waals surface area (Å²) in [6.45, 7) is 7.16. The maximum atomic E-state index is 10.3. The topological polar surface area (TPSA) is 89.6 Å². The molecule has 0 fully saturated rings. The number of nitrogens with zero attached hydrogens (tertiary/aromatic N) is 3. The molecule has 0 bridgehead atoms. The van der Waals surface area contributed by atoms with Crippen molar-refractivity contribution in [2.45, 2.75) is 45.4 Å². The fraction of sp³-hybridized carbons (Fsp3) is 0.440. The van der Waals surface area contributed by atoms with Gasteiger partial charge in [-0.15, -0.1) is 16.7 Å². The number of aliphatic hydroxyl groups excluding tert-OH is 2. The van der Waals surface area contributed by atoms with E-state index < -0.39 is 6.10 Å². The van der Waals surface area contributed by atoms with E-state index >= 15 is 0 Å². The Morgan fingerprint density at radius 3 is 2.44 bits per heavy atom. The molecule has 2 atom stereocenters. The molecule has 0 aliphatic rings. The molecule has 0 aliphatic carbocycles. The summed E-state index contributed by atoms with van der Waals surface area (Å²) in [5.74, 6) is 2.42. The molecule has 2 aromatic carbocycles. The minimum absolute atomic E-state index is 0.107. The molecule has 0 radical (unpaired) electrons. The van der Waals surface area contributed by atoms with Crippen LogP contribution in [0.3, 0.4) is 0 Å². The van der Waals surface area contributed by atoms with Crippen molar-refractivity contribution in [2.75, 3.05) is 19.1 Å². The van der Waals surface area contributed by atoms with E-state index in [2.05, 4.69) is 65.8 Å². The van der Waals surface area contributed by atoms with Gasteiger partial charge in [0.1, 0.15) is 24.2 Å². The zero-order valence-electron chi connectivity index (χ0n) is 19.6. The second-order valence-corrected chi connectivity index (χ2v) is 10.4. The van der Waals surface area contributed by atoms with Gasteiger partial charge in [0, 0.05) is 17.2 Å². The number of hydrogen-bond acceptors (Lipinski definition) is 6. The number of aromatic nitrogens is 3. The molecule has 184 valence electrons. The zero-order chi connectivity index (χ0) is 24.7. The van der Waals surface area contributed by atoms with Crippen molar-refractivity contribution in [2.24, 2.45) is 5.92 Å². The van der Waals surface area contributed by atoms with E-state index in [1.165, 1.54) is 16.4 Å². The molecule has 9 heteroatoms.